The van der Waals surface area contributed by atoms with Crippen molar-refractivity contribution in [2.24, 2.45) is 0 Å². The second-order valence-electron chi connectivity index (χ2n) is 5.98. The fourth-order valence-electron chi connectivity index (χ4n) is 2.57. The van der Waals surface area contributed by atoms with Crippen molar-refractivity contribution in [2.45, 2.75) is 6.92 Å². The number of carbonyl (C=O) groups excluding carboxylic acids is 1. The molecule has 0 aliphatic rings. The zero-order chi connectivity index (χ0) is 21.5. The Morgan fingerprint density at radius 1 is 1.28 bits per heavy atom. The fourth-order valence-corrected chi connectivity index (χ4v) is 3.81. The maximum absolute atomic E-state index is 14.9. The van der Waals surface area contributed by atoms with Crippen molar-refractivity contribution < 1.29 is 26.4 Å². The predicted octanol–water partition coefficient (Wildman–Crippen LogP) is 3.58. The summed E-state index contributed by atoms with van der Waals surface area (Å²) in [6.07, 6.45) is 2.25. The van der Waals surface area contributed by atoms with Gasteiger partial charge in [-0.05, 0) is 28.1 Å². The van der Waals surface area contributed by atoms with Crippen LogP contribution in [0.15, 0.2) is 29.0 Å². The van der Waals surface area contributed by atoms with Gasteiger partial charge in [0.15, 0.2) is 11.6 Å². The number of nitrogens with one attached hydrogen (secondary N) is 2. The average Bonchev–Trinajstić information content (AvgIpc) is 3.11. The molecule has 2 heterocycles. The molecule has 0 spiro atoms. The molecule has 12 heteroatoms. The van der Waals surface area contributed by atoms with E-state index in [-0.39, 0.29) is 27.6 Å². The Morgan fingerprint density at radius 3 is 2.62 bits per heavy atom. The Morgan fingerprint density at radius 2 is 1.97 bits per heavy atom. The number of rotatable bonds is 6. The number of pyridine rings is 1. The molecule has 0 aliphatic carbocycles. The van der Waals surface area contributed by atoms with Crippen molar-refractivity contribution in [1.82, 2.24) is 14.3 Å². The molecule has 0 amide bonds. The van der Waals surface area contributed by atoms with E-state index in [1.54, 1.807) is 6.92 Å². The van der Waals surface area contributed by atoms with Crippen LogP contribution in [0.1, 0.15) is 22.8 Å². The summed E-state index contributed by atoms with van der Waals surface area (Å²) in [5.41, 5.74) is -1.98. The van der Waals surface area contributed by atoms with E-state index in [0.717, 1.165) is 22.6 Å². The number of aromatic nitrogens is 2. The summed E-state index contributed by atoms with van der Waals surface area (Å²) in [6.45, 7) is 1.66. The van der Waals surface area contributed by atoms with Crippen LogP contribution in [0, 0.1) is 17.5 Å². The zero-order valence-corrected chi connectivity index (χ0v) is 17.5. The van der Waals surface area contributed by atoms with Crippen LogP contribution in [0.5, 0.6) is 0 Å². The molecule has 2 aromatic heterocycles. The molecule has 2 N–H and O–H groups in total. The molecule has 29 heavy (non-hydrogen) atoms. The molecule has 0 aliphatic heterocycles. The minimum atomic E-state index is -4.11. The van der Waals surface area contributed by atoms with E-state index in [1.807, 2.05) is 4.72 Å². The first-order valence-corrected chi connectivity index (χ1v) is 10.4. The Bertz CT molecular complexity index is 1230. The highest BCUT2D eigenvalue weighted by Gasteiger charge is 2.28. The molecule has 154 valence electrons. The minimum Gasteiger partial charge on any atom is -0.345 e. The van der Waals surface area contributed by atoms with Gasteiger partial charge in [-0.25, -0.2) is 18.2 Å². The highest BCUT2D eigenvalue weighted by Crippen LogP contribution is 2.30. The number of ketones is 1. The zero-order valence-electron chi connectivity index (χ0n) is 15.1. The average molecular weight is 491 g/mol. The Balaban J connectivity index is 2.13. The molecule has 3 aromatic rings. The number of fused-ring (bicyclic) bond motifs is 1. The van der Waals surface area contributed by atoms with E-state index >= 15 is 0 Å². The molecular weight excluding hydrogens is 477 g/mol. The van der Waals surface area contributed by atoms with Gasteiger partial charge >= 0.3 is 10.2 Å². The van der Waals surface area contributed by atoms with Crippen molar-refractivity contribution in [3.63, 3.8) is 0 Å². The number of nitrogens with zero attached hydrogens (tertiary/aromatic N) is 2. The number of anilines is 1. The molecule has 0 bridgehead atoms. The first-order chi connectivity index (χ1) is 13.6. The number of halogens is 4. The van der Waals surface area contributed by atoms with Crippen molar-refractivity contribution in [1.29, 1.82) is 0 Å². The van der Waals surface area contributed by atoms with Gasteiger partial charge in [-0.2, -0.15) is 12.7 Å². The molecule has 0 fully saturated rings. The van der Waals surface area contributed by atoms with Gasteiger partial charge in [-0.1, -0.05) is 6.92 Å². The van der Waals surface area contributed by atoms with Gasteiger partial charge in [-0.3, -0.25) is 9.52 Å². The summed E-state index contributed by atoms with van der Waals surface area (Å²) in [5.74, 6) is -4.64. The summed E-state index contributed by atoms with van der Waals surface area (Å²) in [6, 6.07) is 1.61. The third kappa shape index (κ3) is 3.74. The number of hydrogen-bond acceptors (Lipinski definition) is 4. The van der Waals surface area contributed by atoms with Crippen LogP contribution < -0.4 is 4.72 Å². The molecule has 0 saturated carbocycles. The Kier molecular flexibility index (Phi) is 5.70. The summed E-state index contributed by atoms with van der Waals surface area (Å²) < 4.78 is 70.8. The minimum absolute atomic E-state index is 0.0105. The molecule has 0 unspecified atom stereocenters. The van der Waals surface area contributed by atoms with Crippen molar-refractivity contribution in [3.05, 3.63) is 57.6 Å². The second kappa shape index (κ2) is 7.76. The number of benzene rings is 1. The van der Waals surface area contributed by atoms with Crippen molar-refractivity contribution in [2.75, 3.05) is 18.3 Å². The van der Waals surface area contributed by atoms with Gasteiger partial charge in [0.2, 0.25) is 5.78 Å². The summed E-state index contributed by atoms with van der Waals surface area (Å²) in [5, 5.41) is -0.250. The second-order valence-corrected chi connectivity index (χ2v) is 8.61. The quantitative estimate of drug-likeness (QED) is 0.516. The van der Waals surface area contributed by atoms with E-state index in [1.165, 1.54) is 13.2 Å². The van der Waals surface area contributed by atoms with E-state index in [4.69, 9.17) is 0 Å². The van der Waals surface area contributed by atoms with Gasteiger partial charge in [-0.15, -0.1) is 0 Å². The van der Waals surface area contributed by atoms with Crippen LogP contribution in [-0.2, 0) is 10.2 Å². The van der Waals surface area contributed by atoms with E-state index < -0.39 is 44.7 Å². The summed E-state index contributed by atoms with van der Waals surface area (Å²) in [7, 11) is -2.86. The van der Waals surface area contributed by atoms with E-state index in [2.05, 4.69) is 25.9 Å². The Hall–Kier alpha value is -2.44. The van der Waals surface area contributed by atoms with Crippen LogP contribution in [-0.4, -0.2) is 42.1 Å². The molecule has 7 nitrogen and oxygen atoms in total. The first kappa shape index (κ1) is 21.3. The molecule has 1 aromatic carbocycles. The highest BCUT2D eigenvalue weighted by atomic mass is 79.9. The molecular formula is C17H14BrF3N4O3S. The lowest BCUT2D eigenvalue weighted by atomic mass is 10.0. The summed E-state index contributed by atoms with van der Waals surface area (Å²) in [4.78, 5) is 19.3. The van der Waals surface area contributed by atoms with Gasteiger partial charge < -0.3 is 4.98 Å². The highest BCUT2D eigenvalue weighted by molar-refractivity contribution is 9.10. The maximum Gasteiger partial charge on any atom is 0.301 e. The normalized spacial score (nSPS) is 12.0. The monoisotopic (exact) mass is 490 g/mol. The van der Waals surface area contributed by atoms with Gasteiger partial charge in [0.1, 0.15) is 11.5 Å². The molecule has 0 radical (unpaired) electrons. The lowest BCUT2D eigenvalue weighted by Gasteiger charge is -2.17. The maximum atomic E-state index is 14.9. The molecule has 0 saturated heterocycles. The smallest absolute Gasteiger partial charge is 0.301 e. The summed E-state index contributed by atoms with van der Waals surface area (Å²) >= 11 is 2.94. The number of aromatic amines is 1. The fraction of sp³-hybridized carbons (Fsp3) is 0.176. The third-order valence-electron chi connectivity index (χ3n) is 4.25. The first-order valence-electron chi connectivity index (χ1n) is 8.16. The van der Waals surface area contributed by atoms with E-state index in [9.17, 15) is 26.4 Å². The lowest BCUT2D eigenvalue weighted by molar-refractivity contribution is 0.103. The lowest BCUT2D eigenvalue weighted by Crippen LogP contribution is -2.32. The van der Waals surface area contributed by atoms with E-state index in [0.29, 0.717) is 0 Å². The van der Waals surface area contributed by atoms with Gasteiger partial charge in [0, 0.05) is 26.0 Å². The van der Waals surface area contributed by atoms with Crippen LogP contribution in [0.4, 0.5) is 18.9 Å². The Labute approximate surface area is 172 Å². The number of hydrogen-bond donors (Lipinski definition) is 2. The SMILES string of the molecule is CCN(C)S(=O)(=O)Nc1ccc(F)c(C(=O)c2c[nH]c3ncc(Br)c(F)c23)c1F. The number of carbonyl (C=O) groups is 1. The topological polar surface area (TPSA) is 95.2 Å². The van der Waals surface area contributed by atoms with Crippen LogP contribution >= 0.6 is 15.9 Å². The van der Waals surface area contributed by atoms with Gasteiger partial charge in [0.25, 0.3) is 0 Å². The molecule has 3 rings (SSSR count). The molecule has 0 atom stereocenters. The standard InChI is InChI=1S/C17H14BrF3N4O3S/c1-3-25(2)29(27,28)24-11-5-4-10(19)13(15(11)21)16(26)8-6-22-17-12(8)14(20)9(18)7-23-17/h4-7,24H,3H2,1-2H3,(H,22,23). The van der Waals surface area contributed by atoms with Crippen LogP contribution in [0.25, 0.3) is 11.0 Å². The van der Waals surface area contributed by atoms with Crippen LogP contribution in [0.3, 0.4) is 0 Å². The predicted molar refractivity (Wildman–Crippen MR) is 104 cm³/mol. The third-order valence-corrected chi connectivity index (χ3v) is 6.36. The largest absolute Gasteiger partial charge is 0.345 e. The van der Waals surface area contributed by atoms with Gasteiger partial charge in [0.05, 0.1) is 26.7 Å². The number of H-pyrrole nitrogens is 1. The van der Waals surface area contributed by atoms with Crippen LogP contribution in [0.2, 0.25) is 0 Å². The van der Waals surface area contributed by atoms with Crippen molar-refractivity contribution in [3.8, 4) is 0 Å². The van der Waals surface area contributed by atoms with Crippen molar-refractivity contribution >= 4 is 48.6 Å².